The Morgan fingerprint density at radius 1 is 0.545 bits per heavy atom. The second-order valence-electron chi connectivity index (χ2n) is 14.9. The van der Waals surface area contributed by atoms with Crippen molar-refractivity contribution < 1.29 is 108 Å². The van der Waals surface area contributed by atoms with Crippen LogP contribution >= 0.6 is 21.6 Å². The molecule has 1 radical (unpaired) electrons. The van der Waals surface area contributed by atoms with Crippen molar-refractivity contribution in [2.45, 2.75) is 98.3 Å². The fourth-order valence-corrected chi connectivity index (χ4v) is 7.70. The van der Waals surface area contributed by atoms with Crippen molar-refractivity contribution >= 4 is 86.4 Å². The van der Waals surface area contributed by atoms with E-state index in [2.05, 4.69) is 31.9 Å². The maximum atomic E-state index is 13.0. The van der Waals surface area contributed by atoms with Crippen LogP contribution in [0.5, 0.6) is 0 Å². The molecule has 0 fully saturated rings. The fourth-order valence-electron chi connectivity index (χ4n) is 5.37. The summed E-state index contributed by atoms with van der Waals surface area (Å²) in [6.07, 6.45) is 0.563. The van der Waals surface area contributed by atoms with E-state index in [0.717, 1.165) is 21.6 Å². The third-order valence-corrected chi connectivity index (χ3v) is 11.2. The van der Waals surface area contributed by atoms with E-state index in [9.17, 15) is 63.0 Å². The Hall–Kier alpha value is -3.37. The number of carbonyl (C=O) groups excluding carboxylic acids is 10. The van der Waals surface area contributed by atoms with Gasteiger partial charge in [-0.1, -0.05) is 35.4 Å². The summed E-state index contributed by atoms with van der Waals surface area (Å²) in [6, 6.07) is -2.71. The maximum absolute atomic E-state index is 13.0. The Labute approximate surface area is 427 Å². The van der Waals surface area contributed by atoms with Crippen molar-refractivity contribution in [1.82, 2.24) is 46.6 Å². The van der Waals surface area contributed by atoms with E-state index in [1.165, 1.54) is 35.5 Å². The molecule has 5 amide bonds. The van der Waals surface area contributed by atoms with Crippen LogP contribution in [-0.4, -0.2) is 199 Å². The molecule has 0 aliphatic carbocycles. The molecule has 0 rings (SSSR count). The van der Waals surface area contributed by atoms with Crippen molar-refractivity contribution in [3.8, 4) is 0 Å². The Bertz CT molecular complexity index is 1570. The summed E-state index contributed by atoms with van der Waals surface area (Å²) in [4.78, 5) is 137. The zero-order chi connectivity index (χ0) is 50.1. The van der Waals surface area contributed by atoms with Gasteiger partial charge >= 0.3 is 45.9 Å². The monoisotopic (exact) mass is 1120 g/mol. The number of aliphatic carboxylic acids is 3. The first-order valence-electron chi connectivity index (χ1n) is 21.1. The molecule has 0 aromatic heterocycles. The van der Waals surface area contributed by atoms with Crippen LogP contribution < -0.4 is 42.1 Å². The number of carboxylic acid groups (broad SMARTS) is 3. The molecule has 0 saturated heterocycles. The van der Waals surface area contributed by atoms with Crippen LogP contribution in [0.4, 0.5) is 0 Å². The molecule has 26 heteroatoms. The van der Waals surface area contributed by atoms with Crippen molar-refractivity contribution in [3.63, 3.8) is 0 Å². The van der Waals surface area contributed by atoms with Crippen LogP contribution in [0.1, 0.15) is 74.1 Å². The van der Waals surface area contributed by atoms with Crippen LogP contribution in [0.25, 0.3) is 0 Å². The minimum Gasteiger partial charge on any atom is -0.549 e. The van der Waals surface area contributed by atoms with E-state index in [4.69, 9.17) is 5.11 Å². The van der Waals surface area contributed by atoms with E-state index in [0.29, 0.717) is 6.42 Å². The number of rotatable bonds is 37. The smallest absolute Gasteiger partial charge is 0.549 e. The van der Waals surface area contributed by atoms with Crippen LogP contribution in [0, 0.1) is 39.9 Å². The first-order valence-corrected chi connectivity index (χ1v) is 23.6. The molecule has 0 aliphatic rings. The minimum atomic E-state index is -1.52. The molecule has 4 unspecified atom stereocenters. The van der Waals surface area contributed by atoms with Crippen molar-refractivity contribution in [1.29, 1.82) is 0 Å². The van der Waals surface area contributed by atoms with Gasteiger partial charge in [0.25, 0.3) is 0 Å². The van der Waals surface area contributed by atoms with Crippen LogP contribution in [-0.2, 0) is 52.7 Å². The number of hydrogen-bond donors (Lipinski definition) is 7. The topological polar surface area (TPSA) is 336 Å². The van der Waals surface area contributed by atoms with Gasteiger partial charge in [0.2, 0.25) is 29.5 Å². The van der Waals surface area contributed by atoms with Crippen molar-refractivity contribution in [2.24, 2.45) is 0 Å². The SMILES string of the molecule is CC.CNC(C)CCC(=O)NC(CSSCC(NC(=O)CCC(C)NC(=O)CN(CCN(CCN(CC(C)=O)CC(=O)O)CC(=O)[O-])CC(=O)[O-])C(=O)NCC(C)=O)C(=O)NCC(C)=O.[Gd+3]. The molecule has 0 aliphatic heterocycles. The number of amides is 5. The van der Waals surface area contributed by atoms with Gasteiger partial charge in [0.15, 0.2) is 0 Å². The van der Waals surface area contributed by atoms with Gasteiger partial charge in [0.05, 0.1) is 44.7 Å². The van der Waals surface area contributed by atoms with Crippen molar-refractivity contribution in [3.05, 3.63) is 0 Å². The summed E-state index contributed by atoms with van der Waals surface area (Å²) in [6.45, 7) is 8.17. The van der Waals surface area contributed by atoms with Crippen molar-refractivity contribution in [2.75, 3.05) is 90.5 Å². The van der Waals surface area contributed by atoms with Gasteiger partial charge in [-0.05, 0) is 54.5 Å². The minimum absolute atomic E-state index is 0. The number of Topliss-reactive ketones (excluding diaryl/α,β-unsaturated/α-hetero) is 3. The Balaban J connectivity index is -0.0000130. The zero-order valence-corrected chi connectivity index (χ0v) is 43.0. The van der Waals surface area contributed by atoms with Gasteiger partial charge in [-0.2, -0.15) is 0 Å². The molecule has 377 valence electrons. The van der Waals surface area contributed by atoms with Gasteiger partial charge < -0.3 is 56.8 Å². The standard InChI is InChI=1S/C38H65N9O14S2.C2H6.Gd/c1-24(39-6)7-9-31(51)43-29(37(60)40-15-26(3)48)22-62-63-23-30(38(61)41-16-27(4)49)44-32(52)10-8-25(2)42-33(53)18-47(21-36(58)59)14-12-45(19-34(54)55)11-13-46(17-28(5)50)20-35(56)57;1-2;/h24-25,29-30,39H,7-23H2,1-6H3,(H,40,60)(H,41,61)(H,42,53)(H,43,51)(H,44,52)(H,54,55)(H,56,57)(H,58,59);1-2H3;/q;;+3/p-2. The molecule has 66 heavy (non-hydrogen) atoms. The van der Waals surface area contributed by atoms with Gasteiger partial charge in [-0.15, -0.1) is 0 Å². The van der Waals surface area contributed by atoms with Crippen LogP contribution in [0.15, 0.2) is 0 Å². The summed E-state index contributed by atoms with van der Waals surface area (Å²) in [5.41, 5.74) is 0. The summed E-state index contributed by atoms with van der Waals surface area (Å²) < 4.78 is 0. The molecular weight excluding hydrogens is 1050 g/mol. The summed E-state index contributed by atoms with van der Waals surface area (Å²) in [7, 11) is 4.00. The second-order valence-corrected chi connectivity index (χ2v) is 17.5. The fraction of sp³-hybridized carbons (Fsp3) is 0.725. The number of carboxylic acids is 3. The molecule has 0 aromatic rings. The van der Waals surface area contributed by atoms with Gasteiger partial charge in [-0.3, -0.25) is 57.9 Å². The van der Waals surface area contributed by atoms with E-state index >= 15 is 0 Å². The zero-order valence-electron chi connectivity index (χ0n) is 39.1. The molecule has 0 spiro atoms. The van der Waals surface area contributed by atoms with Crippen LogP contribution in [0.3, 0.4) is 0 Å². The summed E-state index contributed by atoms with van der Waals surface area (Å²) in [5.74, 6) is -7.89. The van der Waals surface area contributed by atoms with E-state index in [-0.39, 0.29) is 146 Å². The maximum Gasteiger partial charge on any atom is 3.00 e. The first-order chi connectivity index (χ1) is 30.5. The number of nitrogens with zero attached hydrogens (tertiary/aromatic N) is 3. The first kappa shape index (κ1) is 66.9. The molecule has 0 heterocycles. The molecule has 23 nitrogen and oxygen atoms in total. The molecular formula is C40H69GdN9O14S2+. The summed E-state index contributed by atoms with van der Waals surface area (Å²) >= 11 is 0. The molecule has 0 saturated carbocycles. The van der Waals surface area contributed by atoms with Gasteiger partial charge in [0.1, 0.15) is 29.4 Å². The van der Waals surface area contributed by atoms with Gasteiger partial charge in [-0.25, -0.2) is 0 Å². The molecule has 4 atom stereocenters. The largest absolute Gasteiger partial charge is 3.00 e. The number of nitrogens with one attached hydrogen (secondary N) is 6. The Morgan fingerprint density at radius 2 is 0.939 bits per heavy atom. The third-order valence-electron chi connectivity index (χ3n) is 8.73. The normalized spacial score (nSPS) is 12.5. The number of hydrogen-bond acceptors (Lipinski definition) is 19. The van der Waals surface area contributed by atoms with Gasteiger partial charge in [0, 0.05) is 75.7 Å². The van der Waals surface area contributed by atoms with E-state index in [1.54, 1.807) is 14.0 Å². The Morgan fingerprint density at radius 3 is 1.32 bits per heavy atom. The number of ketones is 3. The summed E-state index contributed by atoms with van der Waals surface area (Å²) in [5, 5.41) is 47.9. The van der Waals surface area contributed by atoms with E-state index < -0.39 is 85.8 Å². The molecule has 0 aromatic carbocycles. The number of carbonyl (C=O) groups is 11. The predicted molar refractivity (Wildman–Crippen MR) is 240 cm³/mol. The predicted octanol–water partition coefficient (Wildman–Crippen LogP) is -4.47. The average molecular weight is 1120 g/mol. The average Bonchev–Trinajstić information content (AvgIpc) is 3.21. The Kier molecular flexibility index (Phi) is 40.2. The quantitative estimate of drug-likeness (QED) is 0.0228. The van der Waals surface area contributed by atoms with Crippen LogP contribution in [0.2, 0.25) is 0 Å². The molecule has 0 bridgehead atoms. The van der Waals surface area contributed by atoms with E-state index in [1.807, 2.05) is 20.8 Å². The molecule has 7 N–H and O–H groups in total. The third kappa shape index (κ3) is 37.7. The second kappa shape index (κ2) is 39.6.